The van der Waals surface area contributed by atoms with Crippen LogP contribution >= 0.6 is 11.6 Å². The molecule has 2 rings (SSSR count). The highest BCUT2D eigenvalue weighted by Gasteiger charge is 2.16. The molecule has 0 saturated heterocycles. The molecule has 0 spiro atoms. The van der Waals surface area contributed by atoms with Gasteiger partial charge >= 0.3 is 5.97 Å². The number of phenolic OH excluding ortho intramolecular Hbond substituents is 1. The fourth-order valence-corrected chi connectivity index (χ4v) is 3.56. The molecular formula is C26H34ClNO6. The maximum absolute atomic E-state index is 12.2. The van der Waals surface area contributed by atoms with E-state index in [1.54, 1.807) is 24.3 Å². The smallest absolute Gasteiger partial charge is 0.338 e. The van der Waals surface area contributed by atoms with Crippen molar-refractivity contribution in [1.29, 1.82) is 0 Å². The van der Waals surface area contributed by atoms with Crippen LogP contribution in [-0.2, 0) is 11.2 Å². The van der Waals surface area contributed by atoms with Crippen molar-refractivity contribution in [3.8, 4) is 17.2 Å². The molecule has 0 unspecified atom stereocenters. The maximum Gasteiger partial charge on any atom is 0.338 e. The van der Waals surface area contributed by atoms with E-state index in [1.165, 1.54) is 13.0 Å². The van der Waals surface area contributed by atoms with Crippen molar-refractivity contribution in [2.24, 2.45) is 0 Å². The number of Topliss-reactive ketones (excluding diaryl/α,β-unsaturated/α-hetero) is 1. The average molecular weight is 492 g/mol. The van der Waals surface area contributed by atoms with Gasteiger partial charge in [-0.2, -0.15) is 0 Å². The third-order valence-electron chi connectivity index (χ3n) is 5.07. The number of rotatable bonds is 14. The van der Waals surface area contributed by atoms with Crippen LogP contribution in [0.25, 0.3) is 0 Å². The number of hydrogen-bond donors (Lipinski definition) is 1. The summed E-state index contributed by atoms with van der Waals surface area (Å²) < 4.78 is 16.8. The number of ether oxygens (including phenoxy) is 3. The minimum Gasteiger partial charge on any atom is -0.507 e. The quantitative estimate of drug-likeness (QED) is 0.222. The zero-order valence-corrected chi connectivity index (χ0v) is 21.1. The Hall–Kier alpha value is -2.77. The molecule has 2 aromatic rings. The fourth-order valence-electron chi connectivity index (χ4n) is 3.33. The average Bonchev–Trinajstić information content (AvgIpc) is 2.79. The number of nitrogens with zero attached hydrogens (tertiary/aromatic N) is 1. The molecule has 0 atom stereocenters. The van der Waals surface area contributed by atoms with Gasteiger partial charge in [0.1, 0.15) is 17.2 Å². The number of halogens is 1. The molecule has 2 aromatic carbocycles. The molecule has 0 heterocycles. The first-order chi connectivity index (χ1) is 16.2. The zero-order valence-electron chi connectivity index (χ0n) is 20.4. The van der Waals surface area contributed by atoms with Crippen molar-refractivity contribution in [3.63, 3.8) is 0 Å². The Morgan fingerprint density at radius 3 is 2.29 bits per heavy atom. The first-order valence-electron chi connectivity index (χ1n) is 11.5. The Morgan fingerprint density at radius 1 is 1.00 bits per heavy atom. The van der Waals surface area contributed by atoms with Crippen LogP contribution in [0.2, 0.25) is 5.02 Å². The van der Waals surface area contributed by atoms with Crippen molar-refractivity contribution in [2.45, 2.75) is 39.5 Å². The molecule has 0 amide bonds. The van der Waals surface area contributed by atoms with E-state index in [4.69, 9.17) is 25.8 Å². The van der Waals surface area contributed by atoms with E-state index in [0.717, 1.165) is 19.4 Å². The van der Waals surface area contributed by atoms with Crippen LogP contribution in [0, 0.1) is 0 Å². The van der Waals surface area contributed by atoms with E-state index in [9.17, 15) is 14.7 Å². The minimum atomic E-state index is -0.414. The number of carbonyl (C=O) groups excluding carboxylic acids is 2. The van der Waals surface area contributed by atoms with Gasteiger partial charge < -0.3 is 24.2 Å². The van der Waals surface area contributed by atoms with Crippen molar-refractivity contribution >= 4 is 23.4 Å². The lowest BCUT2D eigenvalue weighted by Crippen LogP contribution is -2.16. The van der Waals surface area contributed by atoms with Crippen molar-refractivity contribution < 1.29 is 28.9 Å². The topological polar surface area (TPSA) is 85.3 Å². The summed E-state index contributed by atoms with van der Waals surface area (Å²) in [6, 6.07) is 8.12. The van der Waals surface area contributed by atoms with Crippen LogP contribution in [0.4, 0.5) is 0 Å². The largest absolute Gasteiger partial charge is 0.507 e. The standard InChI is InChI=1S/C26H34ClNO6/c1-5-8-21-23(12-10-20(18(2)29)25(21)30)32-15-7-16-33-24-11-9-19(17-22(24)27)26(31)34-14-6-13-28(3)4/h9-12,17,30H,5-8,13-16H2,1-4H3. The molecule has 0 bridgehead atoms. The second-order valence-electron chi connectivity index (χ2n) is 8.23. The summed E-state index contributed by atoms with van der Waals surface area (Å²) in [5.41, 5.74) is 1.32. The van der Waals surface area contributed by atoms with Crippen molar-refractivity contribution in [2.75, 3.05) is 40.5 Å². The van der Waals surface area contributed by atoms with Gasteiger partial charge in [0.15, 0.2) is 5.78 Å². The van der Waals surface area contributed by atoms with Crippen LogP contribution in [0.1, 0.15) is 59.4 Å². The number of carbonyl (C=O) groups is 2. The lowest BCUT2D eigenvalue weighted by molar-refractivity contribution is 0.0493. The third-order valence-corrected chi connectivity index (χ3v) is 5.37. The maximum atomic E-state index is 12.2. The number of phenols is 1. The fraction of sp³-hybridized carbons (Fsp3) is 0.462. The van der Waals surface area contributed by atoms with E-state index in [-0.39, 0.29) is 11.5 Å². The summed E-state index contributed by atoms with van der Waals surface area (Å²) in [5.74, 6) is 0.431. The summed E-state index contributed by atoms with van der Waals surface area (Å²) in [4.78, 5) is 25.9. The number of hydrogen-bond acceptors (Lipinski definition) is 7. The Morgan fingerprint density at radius 2 is 1.68 bits per heavy atom. The van der Waals surface area contributed by atoms with E-state index < -0.39 is 5.97 Å². The van der Waals surface area contributed by atoms with E-state index in [1.807, 2.05) is 25.9 Å². The lowest BCUT2D eigenvalue weighted by atomic mass is 10.0. The Labute approximate surface area is 206 Å². The van der Waals surface area contributed by atoms with Gasteiger partial charge in [-0.1, -0.05) is 24.9 Å². The third kappa shape index (κ3) is 8.22. The van der Waals surface area contributed by atoms with Crippen LogP contribution < -0.4 is 9.47 Å². The molecule has 0 aromatic heterocycles. The van der Waals surface area contributed by atoms with Crippen LogP contribution in [-0.4, -0.2) is 62.2 Å². The second-order valence-corrected chi connectivity index (χ2v) is 8.64. The normalized spacial score (nSPS) is 10.9. The molecule has 0 aliphatic carbocycles. The van der Waals surface area contributed by atoms with Crippen LogP contribution in [0.15, 0.2) is 30.3 Å². The molecule has 7 nitrogen and oxygen atoms in total. The van der Waals surface area contributed by atoms with Gasteiger partial charge in [0, 0.05) is 18.5 Å². The molecule has 0 aliphatic rings. The van der Waals surface area contributed by atoms with Gasteiger partial charge in [-0.15, -0.1) is 0 Å². The van der Waals surface area contributed by atoms with Gasteiger partial charge in [0.2, 0.25) is 0 Å². The SMILES string of the molecule is CCCc1c(OCCCOc2ccc(C(=O)OCCCN(C)C)cc2Cl)ccc(C(C)=O)c1O. The van der Waals surface area contributed by atoms with Crippen molar-refractivity contribution in [1.82, 2.24) is 4.90 Å². The highest BCUT2D eigenvalue weighted by molar-refractivity contribution is 6.32. The molecule has 0 saturated carbocycles. The molecule has 0 fully saturated rings. The van der Waals surface area contributed by atoms with Crippen molar-refractivity contribution in [3.05, 3.63) is 52.0 Å². The minimum absolute atomic E-state index is 0.00815. The molecule has 0 radical (unpaired) electrons. The number of esters is 1. The molecule has 0 aliphatic heterocycles. The summed E-state index contributed by atoms with van der Waals surface area (Å²) in [5, 5.41) is 10.8. The molecule has 8 heteroatoms. The predicted molar refractivity (Wildman–Crippen MR) is 133 cm³/mol. The van der Waals surface area contributed by atoms with E-state index >= 15 is 0 Å². The number of aromatic hydroxyl groups is 1. The Kier molecular flexibility index (Phi) is 11.2. The predicted octanol–water partition coefficient (Wildman–Crippen LogP) is 5.16. The summed E-state index contributed by atoms with van der Waals surface area (Å²) in [6.07, 6.45) is 2.76. The van der Waals surface area contributed by atoms with Crippen LogP contribution in [0.5, 0.6) is 17.2 Å². The lowest BCUT2D eigenvalue weighted by Gasteiger charge is -2.15. The first kappa shape index (κ1) is 27.5. The Bertz CT molecular complexity index is 976. The first-order valence-corrected chi connectivity index (χ1v) is 11.8. The van der Waals surface area contributed by atoms with Gasteiger partial charge in [0.25, 0.3) is 0 Å². The molecular weight excluding hydrogens is 458 g/mol. The highest BCUT2D eigenvalue weighted by atomic mass is 35.5. The second kappa shape index (κ2) is 13.8. The van der Waals surface area contributed by atoms with Gasteiger partial charge in [-0.3, -0.25) is 4.79 Å². The number of benzene rings is 2. The monoisotopic (exact) mass is 491 g/mol. The van der Waals surface area contributed by atoms with Gasteiger partial charge in [-0.25, -0.2) is 4.79 Å². The Balaban J connectivity index is 1.83. The van der Waals surface area contributed by atoms with E-state index in [2.05, 4.69) is 0 Å². The van der Waals surface area contributed by atoms with Gasteiger partial charge in [0.05, 0.1) is 36.0 Å². The summed E-state index contributed by atoms with van der Waals surface area (Å²) >= 11 is 6.27. The molecule has 34 heavy (non-hydrogen) atoms. The zero-order chi connectivity index (χ0) is 25.1. The summed E-state index contributed by atoms with van der Waals surface area (Å²) in [7, 11) is 3.93. The molecule has 186 valence electrons. The molecule has 1 N–H and O–H groups in total. The van der Waals surface area contributed by atoms with E-state index in [0.29, 0.717) is 65.9 Å². The van der Waals surface area contributed by atoms with Gasteiger partial charge in [-0.05, 0) is 64.2 Å². The van der Waals surface area contributed by atoms with Crippen LogP contribution in [0.3, 0.4) is 0 Å². The number of ketones is 1. The summed E-state index contributed by atoms with van der Waals surface area (Å²) in [6.45, 7) is 5.34. The highest BCUT2D eigenvalue weighted by Crippen LogP contribution is 2.33.